The van der Waals surface area contributed by atoms with Gasteiger partial charge in [0.15, 0.2) is 5.83 Å². The molecule has 0 aliphatic rings. The van der Waals surface area contributed by atoms with Crippen LogP contribution in [0, 0.1) is 13.8 Å². The number of hydrogen-bond acceptors (Lipinski definition) is 4. The van der Waals surface area contributed by atoms with Gasteiger partial charge < -0.3 is 9.05 Å². The molecule has 0 bridgehead atoms. The fraction of sp³-hybridized carbons (Fsp3) is 0.143. The number of aryl methyl sites for hydroxylation is 2. The second-order valence-corrected chi connectivity index (χ2v) is 16.8. The number of benzene rings is 2. The highest BCUT2D eigenvalue weighted by molar-refractivity contribution is 8.98. The lowest BCUT2D eigenvalue weighted by atomic mass is 10.2. The summed E-state index contributed by atoms with van der Waals surface area (Å²) in [7, 11) is 0. The Morgan fingerprint density at radius 3 is 1.77 bits per heavy atom. The minimum atomic E-state index is -2.74. The first kappa shape index (κ1) is 18.4. The van der Waals surface area contributed by atoms with E-state index in [1.54, 1.807) is 0 Å². The van der Waals surface area contributed by atoms with Crippen molar-refractivity contribution in [1.82, 2.24) is 0 Å². The van der Waals surface area contributed by atoms with Crippen LogP contribution in [-0.2, 0) is 11.8 Å². The molecule has 118 valence electrons. The molecule has 0 amide bonds. The smallest absolute Gasteiger partial charge is 0.355 e. The van der Waals surface area contributed by atoms with Gasteiger partial charge in [-0.2, -0.15) is 0 Å². The summed E-state index contributed by atoms with van der Waals surface area (Å²) in [5.41, 5.74) is -0.580. The van der Waals surface area contributed by atoms with Gasteiger partial charge in [0.2, 0.25) is 0 Å². The van der Waals surface area contributed by atoms with E-state index in [0.717, 1.165) is 11.1 Å². The molecule has 0 saturated carbocycles. The average Bonchev–Trinajstić information content (AvgIpc) is 2.36. The Labute approximate surface area is 150 Å². The van der Waals surface area contributed by atoms with Crippen LogP contribution in [-0.4, -0.2) is 0 Å². The molecule has 0 unspecified atom stereocenters. The average molecular weight is 411 g/mol. The lowest BCUT2D eigenvalue weighted by Crippen LogP contribution is -1.97. The van der Waals surface area contributed by atoms with Crippen LogP contribution in [0.25, 0.3) is 0 Å². The second kappa shape index (κ2) is 8.24. The van der Waals surface area contributed by atoms with Crippen LogP contribution >= 0.6 is 45.0 Å². The monoisotopic (exact) mass is 410 g/mol. The maximum atomic E-state index is 5.95. The lowest BCUT2D eigenvalue weighted by Gasteiger charge is -2.23. The van der Waals surface area contributed by atoms with Gasteiger partial charge in [-0.3, -0.25) is 0 Å². The third-order valence-corrected chi connectivity index (χ3v) is 13.7. The highest BCUT2D eigenvalue weighted by Gasteiger charge is 2.28. The molecule has 8 heteroatoms. The summed E-state index contributed by atoms with van der Waals surface area (Å²) in [6.45, 7) is 3.97. The topological polar surface area (TPSA) is 18.5 Å². The van der Waals surface area contributed by atoms with Crippen LogP contribution in [0.3, 0.4) is 0 Å². The molecule has 2 rings (SSSR count). The molecule has 2 aromatic rings. The van der Waals surface area contributed by atoms with Crippen molar-refractivity contribution in [1.29, 1.82) is 0 Å². The van der Waals surface area contributed by atoms with Crippen LogP contribution < -0.4 is 9.05 Å². The summed E-state index contributed by atoms with van der Waals surface area (Å²) in [6.07, 6.45) is 0. The van der Waals surface area contributed by atoms with Gasteiger partial charge in [-0.05, 0) is 49.2 Å². The van der Waals surface area contributed by atoms with Crippen LogP contribution in [0.5, 0.6) is 11.5 Å². The molecule has 0 atom stereocenters. The molecule has 0 spiro atoms. The molecule has 0 radical (unpaired) electrons. The van der Waals surface area contributed by atoms with Crippen molar-refractivity contribution >= 4 is 56.8 Å². The van der Waals surface area contributed by atoms with E-state index in [2.05, 4.69) is 0 Å². The predicted octanol–water partition coefficient (Wildman–Crippen LogP) is 7.42. The van der Waals surface area contributed by atoms with Gasteiger partial charge in [0.05, 0.1) is 0 Å². The Bertz CT molecular complexity index is 647. The van der Waals surface area contributed by atoms with E-state index in [4.69, 9.17) is 43.3 Å². The molecular weight excluding hydrogens is 397 g/mol. The van der Waals surface area contributed by atoms with Gasteiger partial charge in [0.1, 0.15) is 11.5 Å². The first-order valence-electron chi connectivity index (χ1n) is 6.30. The molecule has 0 aliphatic heterocycles. The minimum Gasteiger partial charge on any atom is -0.428 e. The fourth-order valence-electron chi connectivity index (χ4n) is 1.73. The summed E-state index contributed by atoms with van der Waals surface area (Å²) in [6, 6.07) is 15.3. The third kappa shape index (κ3) is 5.92. The number of rotatable bonds is 6. The van der Waals surface area contributed by atoms with Crippen molar-refractivity contribution in [2.45, 2.75) is 13.8 Å². The normalized spacial score (nSPS) is 11.5. The Morgan fingerprint density at radius 1 is 0.955 bits per heavy atom. The van der Waals surface area contributed by atoms with Gasteiger partial charge >= 0.3 is 5.69 Å². The van der Waals surface area contributed by atoms with E-state index >= 15 is 0 Å². The zero-order valence-electron chi connectivity index (χ0n) is 11.9. The Balaban J connectivity index is 2.25. The zero-order valence-corrected chi connectivity index (χ0v) is 16.8. The Hall–Kier alpha value is 0.0500. The van der Waals surface area contributed by atoms with Crippen molar-refractivity contribution in [2.24, 2.45) is 0 Å². The zero-order chi connectivity index (χ0) is 16.2. The standard InChI is InChI=1S/C14H14Cl2O2P2S2/c1-11-5-3-7-13(9-11)17-20(21,22-19(15)16)18-14-8-4-6-12(2)10-14/h3-10H,1-2H3. The summed E-state index contributed by atoms with van der Waals surface area (Å²) >= 11 is 18.7. The van der Waals surface area contributed by atoms with Crippen LogP contribution in [0.2, 0.25) is 0 Å². The highest BCUT2D eigenvalue weighted by atomic mass is 35.9. The maximum Gasteiger partial charge on any atom is 0.355 e. The molecule has 0 heterocycles. The second-order valence-electron chi connectivity index (χ2n) is 4.55. The molecule has 0 N–H and O–H groups in total. The summed E-state index contributed by atoms with van der Waals surface area (Å²) in [4.78, 5) is 0. The van der Waals surface area contributed by atoms with Crippen LogP contribution in [0.15, 0.2) is 48.5 Å². The maximum absolute atomic E-state index is 5.95. The predicted molar refractivity (Wildman–Crippen MR) is 104 cm³/mol. The van der Waals surface area contributed by atoms with E-state index in [-0.39, 0.29) is 0 Å². The van der Waals surface area contributed by atoms with Gasteiger partial charge in [0, 0.05) is 22.8 Å². The number of hydrogen-bond donors (Lipinski definition) is 0. The van der Waals surface area contributed by atoms with Crippen molar-refractivity contribution < 1.29 is 9.05 Å². The quantitative estimate of drug-likeness (QED) is 0.460. The van der Waals surface area contributed by atoms with E-state index < -0.39 is 11.5 Å². The van der Waals surface area contributed by atoms with Crippen LogP contribution in [0.1, 0.15) is 11.1 Å². The Morgan fingerprint density at radius 2 is 1.41 bits per heavy atom. The van der Waals surface area contributed by atoms with Crippen molar-refractivity contribution in [2.75, 3.05) is 0 Å². The molecule has 0 aliphatic carbocycles. The van der Waals surface area contributed by atoms with Crippen LogP contribution in [0.4, 0.5) is 0 Å². The van der Waals surface area contributed by atoms with Gasteiger partial charge in [0.25, 0.3) is 0 Å². The van der Waals surface area contributed by atoms with Crippen molar-refractivity contribution in [3.8, 4) is 11.5 Å². The molecule has 0 saturated heterocycles. The largest absolute Gasteiger partial charge is 0.428 e. The first-order chi connectivity index (χ1) is 10.4. The van der Waals surface area contributed by atoms with Gasteiger partial charge in [-0.1, -0.05) is 46.7 Å². The summed E-state index contributed by atoms with van der Waals surface area (Å²) in [5.74, 6) is -0.0182. The van der Waals surface area contributed by atoms with Gasteiger partial charge in [-0.15, -0.1) is 0 Å². The lowest BCUT2D eigenvalue weighted by molar-refractivity contribution is 0.506. The summed E-state index contributed by atoms with van der Waals surface area (Å²) in [5, 5.41) is 0. The molecule has 0 fully saturated rings. The van der Waals surface area contributed by atoms with E-state index in [9.17, 15) is 0 Å². The van der Waals surface area contributed by atoms with Gasteiger partial charge in [-0.25, -0.2) is 0 Å². The summed E-state index contributed by atoms with van der Waals surface area (Å²) < 4.78 is 11.9. The highest BCUT2D eigenvalue weighted by Crippen LogP contribution is 2.77. The van der Waals surface area contributed by atoms with Crippen molar-refractivity contribution in [3.05, 3.63) is 59.7 Å². The minimum absolute atomic E-state index is 0.661. The fourth-order valence-corrected chi connectivity index (χ4v) is 14.5. The molecule has 2 aromatic carbocycles. The molecule has 0 aromatic heterocycles. The van der Waals surface area contributed by atoms with E-state index in [1.807, 2.05) is 62.4 Å². The number of halogens is 2. The molecule has 22 heavy (non-hydrogen) atoms. The third-order valence-electron chi connectivity index (χ3n) is 2.58. The SMILES string of the molecule is Cc1cccc(OP(=S)(Oc2cccc(C)c2)SP(Cl)Cl)c1. The Kier molecular flexibility index (Phi) is 6.89. The van der Waals surface area contributed by atoms with Crippen molar-refractivity contribution in [3.63, 3.8) is 0 Å². The molecule has 2 nitrogen and oxygen atoms in total. The first-order valence-corrected chi connectivity index (χ1v) is 14.1. The van der Waals surface area contributed by atoms with E-state index in [0.29, 0.717) is 11.5 Å². The molecular formula is C14H14Cl2O2P2S2. The van der Waals surface area contributed by atoms with E-state index in [1.165, 1.54) is 11.0 Å².